The van der Waals surface area contributed by atoms with Crippen LogP contribution in [0.2, 0.25) is 0 Å². The second-order valence-electron chi connectivity index (χ2n) is 6.06. The molecule has 0 bridgehead atoms. The van der Waals surface area contributed by atoms with Gasteiger partial charge in [-0.25, -0.2) is 4.79 Å². The number of aromatic nitrogens is 3. The van der Waals surface area contributed by atoms with Gasteiger partial charge in [0, 0.05) is 55.6 Å². The molecule has 26 heavy (non-hydrogen) atoms. The van der Waals surface area contributed by atoms with Crippen LogP contribution < -0.4 is 17.2 Å². The van der Waals surface area contributed by atoms with E-state index >= 15 is 0 Å². The first-order chi connectivity index (χ1) is 12.5. The summed E-state index contributed by atoms with van der Waals surface area (Å²) in [6.07, 6.45) is 7.39. The molecule has 2 aromatic heterocycles. The molecule has 0 amide bonds. The molecule has 2 aromatic rings. The molecule has 5 N–H and O–H groups in total. The Kier molecular flexibility index (Phi) is 7.28. The highest BCUT2D eigenvalue weighted by Crippen LogP contribution is 2.17. The SMILES string of the molecule is CS.Cc1cc2cn(C3=CCN(CCCN=C(N)N)CC3)c(=O)nc2[nH]1. The Balaban J connectivity index is 0.00000117. The van der Waals surface area contributed by atoms with E-state index in [2.05, 4.69) is 38.6 Å². The minimum Gasteiger partial charge on any atom is -0.370 e. The second-order valence-corrected chi connectivity index (χ2v) is 6.06. The van der Waals surface area contributed by atoms with Gasteiger partial charge in [0.05, 0.1) is 0 Å². The van der Waals surface area contributed by atoms with E-state index in [0.29, 0.717) is 12.2 Å². The zero-order valence-electron chi connectivity index (χ0n) is 15.3. The van der Waals surface area contributed by atoms with Gasteiger partial charge in [-0.3, -0.25) is 14.5 Å². The van der Waals surface area contributed by atoms with E-state index in [-0.39, 0.29) is 11.6 Å². The summed E-state index contributed by atoms with van der Waals surface area (Å²) in [6, 6.07) is 2.00. The average molecular weight is 378 g/mol. The molecule has 0 atom stereocenters. The highest BCUT2D eigenvalue weighted by atomic mass is 32.1. The number of H-pyrrole nitrogens is 1. The quantitative estimate of drug-likeness (QED) is 0.266. The van der Waals surface area contributed by atoms with Gasteiger partial charge in [-0.15, -0.1) is 0 Å². The summed E-state index contributed by atoms with van der Waals surface area (Å²) >= 11 is 3.53. The summed E-state index contributed by atoms with van der Waals surface area (Å²) in [5, 5.41) is 0.952. The minimum atomic E-state index is -0.239. The molecule has 1 aliphatic heterocycles. The summed E-state index contributed by atoms with van der Waals surface area (Å²) in [5.74, 6) is 0.137. The number of aromatic amines is 1. The van der Waals surface area contributed by atoms with Crippen LogP contribution in [0, 0.1) is 6.92 Å². The Hall–Kier alpha value is -2.26. The van der Waals surface area contributed by atoms with Gasteiger partial charge in [0.1, 0.15) is 5.65 Å². The normalized spacial score (nSPS) is 14.5. The minimum absolute atomic E-state index is 0.137. The van der Waals surface area contributed by atoms with Gasteiger partial charge in [0.25, 0.3) is 0 Å². The van der Waals surface area contributed by atoms with Crippen LogP contribution in [0.5, 0.6) is 0 Å². The molecule has 0 aromatic carbocycles. The standard InChI is InChI=1S/C16H23N7O.CH4S/c1-11-9-12-10-23(16(24)21-14(12)20-11)13-3-7-22(8-4-13)6-2-5-19-15(17)18;1-2/h3,9-10H,2,4-8H2,1H3,(H4,17,18,19)(H,20,21,24);2H,1H3. The van der Waals surface area contributed by atoms with Crippen LogP contribution in [0.15, 0.2) is 28.1 Å². The predicted molar refractivity (Wildman–Crippen MR) is 111 cm³/mol. The Labute approximate surface area is 158 Å². The third-order valence-electron chi connectivity index (χ3n) is 4.15. The fourth-order valence-electron chi connectivity index (χ4n) is 2.96. The van der Waals surface area contributed by atoms with Crippen LogP contribution in [0.4, 0.5) is 0 Å². The number of nitrogens with zero attached hydrogens (tertiary/aromatic N) is 4. The van der Waals surface area contributed by atoms with E-state index in [9.17, 15) is 4.79 Å². The molecule has 0 saturated carbocycles. The number of nitrogens with two attached hydrogens (primary N) is 2. The first-order valence-corrected chi connectivity index (χ1v) is 9.43. The molecule has 8 nitrogen and oxygen atoms in total. The van der Waals surface area contributed by atoms with Gasteiger partial charge < -0.3 is 16.5 Å². The van der Waals surface area contributed by atoms with Crippen LogP contribution in [0.25, 0.3) is 16.7 Å². The molecule has 0 unspecified atom stereocenters. The molecule has 142 valence electrons. The molecule has 0 radical (unpaired) electrons. The third-order valence-corrected chi connectivity index (χ3v) is 4.15. The number of aliphatic imine (C=N–C) groups is 1. The van der Waals surface area contributed by atoms with E-state index in [1.54, 1.807) is 10.8 Å². The zero-order chi connectivity index (χ0) is 19.1. The second kappa shape index (κ2) is 9.44. The van der Waals surface area contributed by atoms with Gasteiger partial charge in [-0.05, 0) is 25.7 Å². The number of aryl methyl sites for hydroxylation is 1. The maximum Gasteiger partial charge on any atom is 0.353 e. The van der Waals surface area contributed by atoms with Crippen molar-refractivity contribution < 1.29 is 0 Å². The van der Waals surface area contributed by atoms with E-state index in [0.717, 1.165) is 49.3 Å². The van der Waals surface area contributed by atoms with Crippen molar-refractivity contribution in [1.82, 2.24) is 19.4 Å². The van der Waals surface area contributed by atoms with E-state index in [1.807, 2.05) is 19.2 Å². The highest BCUT2D eigenvalue weighted by molar-refractivity contribution is 7.79. The molecular weight excluding hydrogens is 350 g/mol. The molecule has 0 aliphatic carbocycles. The lowest BCUT2D eigenvalue weighted by Gasteiger charge is -2.26. The van der Waals surface area contributed by atoms with Crippen molar-refractivity contribution >= 4 is 35.3 Å². The van der Waals surface area contributed by atoms with Crippen molar-refractivity contribution in [2.45, 2.75) is 19.8 Å². The smallest absolute Gasteiger partial charge is 0.353 e. The first-order valence-electron chi connectivity index (χ1n) is 8.54. The number of thiol groups is 1. The van der Waals surface area contributed by atoms with E-state index < -0.39 is 0 Å². The number of hydrogen-bond acceptors (Lipinski definition) is 5. The fourth-order valence-corrected chi connectivity index (χ4v) is 2.96. The number of guanidine groups is 1. The maximum absolute atomic E-state index is 12.2. The van der Waals surface area contributed by atoms with Crippen molar-refractivity contribution in [3.8, 4) is 0 Å². The summed E-state index contributed by atoms with van der Waals surface area (Å²) in [5.41, 5.74) is 13.0. The van der Waals surface area contributed by atoms with Crippen molar-refractivity contribution in [1.29, 1.82) is 0 Å². The van der Waals surface area contributed by atoms with Crippen LogP contribution in [0.1, 0.15) is 18.5 Å². The zero-order valence-corrected chi connectivity index (χ0v) is 16.2. The third kappa shape index (κ3) is 5.12. The van der Waals surface area contributed by atoms with Gasteiger partial charge in [-0.1, -0.05) is 6.08 Å². The number of fused-ring (bicyclic) bond motifs is 1. The Morgan fingerprint density at radius 3 is 2.85 bits per heavy atom. The molecule has 3 rings (SSSR count). The highest BCUT2D eigenvalue weighted by Gasteiger charge is 2.14. The average Bonchev–Trinajstić information content (AvgIpc) is 2.99. The van der Waals surface area contributed by atoms with Crippen molar-refractivity contribution in [3.05, 3.63) is 34.5 Å². The molecule has 9 heteroatoms. The lowest BCUT2D eigenvalue weighted by Crippen LogP contribution is -2.33. The first kappa shape index (κ1) is 20.1. The van der Waals surface area contributed by atoms with Gasteiger partial charge in [0.2, 0.25) is 0 Å². The van der Waals surface area contributed by atoms with Gasteiger partial charge >= 0.3 is 5.69 Å². The number of rotatable bonds is 5. The van der Waals surface area contributed by atoms with Crippen molar-refractivity contribution in [2.24, 2.45) is 16.5 Å². The van der Waals surface area contributed by atoms with Gasteiger partial charge in [-0.2, -0.15) is 17.6 Å². The largest absolute Gasteiger partial charge is 0.370 e. The summed E-state index contributed by atoms with van der Waals surface area (Å²) in [4.78, 5) is 25.8. The topological polar surface area (TPSA) is 118 Å². The van der Waals surface area contributed by atoms with Crippen molar-refractivity contribution in [3.63, 3.8) is 0 Å². The molecular formula is C17H27N7OS. The lowest BCUT2D eigenvalue weighted by atomic mass is 10.2. The molecule has 0 fully saturated rings. The molecule has 3 heterocycles. The summed E-state index contributed by atoms with van der Waals surface area (Å²) in [6.45, 7) is 5.25. The van der Waals surface area contributed by atoms with Gasteiger partial charge in [0.15, 0.2) is 5.96 Å². The Morgan fingerprint density at radius 1 is 1.42 bits per heavy atom. The monoisotopic (exact) mass is 377 g/mol. The molecule has 1 aliphatic rings. The molecule has 0 spiro atoms. The Bertz CT molecular complexity index is 848. The van der Waals surface area contributed by atoms with Crippen LogP contribution >= 0.6 is 12.6 Å². The Morgan fingerprint density at radius 2 is 2.19 bits per heavy atom. The van der Waals surface area contributed by atoms with Crippen LogP contribution in [-0.2, 0) is 0 Å². The lowest BCUT2D eigenvalue weighted by molar-refractivity contribution is 0.297. The number of nitrogens with one attached hydrogen (secondary N) is 1. The number of hydrogen-bond donors (Lipinski definition) is 4. The maximum atomic E-state index is 12.2. The predicted octanol–water partition coefficient (Wildman–Crippen LogP) is 0.789. The van der Waals surface area contributed by atoms with E-state index in [4.69, 9.17) is 11.5 Å². The fraction of sp³-hybridized carbons (Fsp3) is 0.471. The summed E-state index contributed by atoms with van der Waals surface area (Å²) < 4.78 is 1.66. The van der Waals surface area contributed by atoms with Crippen LogP contribution in [-0.4, -0.2) is 57.8 Å². The summed E-state index contributed by atoms with van der Waals surface area (Å²) in [7, 11) is 0. The van der Waals surface area contributed by atoms with Crippen LogP contribution in [0.3, 0.4) is 0 Å². The van der Waals surface area contributed by atoms with Crippen molar-refractivity contribution in [2.75, 3.05) is 32.4 Å². The molecule has 0 saturated heterocycles. The van der Waals surface area contributed by atoms with E-state index in [1.165, 1.54) is 0 Å².